The number of hydrogen-bond acceptors (Lipinski definition) is 3. The average molecular weight is 360 g/mol. The van der Waals surface area contributed by atoms with Crippen LogP contribution >= 0.6 is 11.6 Å². The summed E-state index contributed by atoms with van der Waals surface area (Å²) in [5.41, 5.74) is 0.839. The van der Waals surface area contributed by atoms with Crippen LogP contribution in [0.1, 0.15) is 27.8 Å². The summed E-state index contributed by atoms with van der Waals surface area (Å²) in [6.07, 6.45) is 3.34. The zero-order valence-electron chi connectivity index (χ0n) is 13.3. The molecule has 0 spiro atoms. The van der Waals surface area contributed by atoms with Gasteiger partial charge in [0.25, 0.3) is 5.91 Å². The number of benzene rings is 2. The van der Waals surface area contributed by atoms with Crippen molar-refractivity contribution < 1.29 is 14.3 Å². The Kier molecular flexibility index (Phi) is 4.72. The van der Waals surface area contributed by atoms with E-state index in [0.29, 0.717) is 11.4 Å². The van der Waals surface area contributed by atoms with Gasteiger partial charge in [0.2, 0.25) is 0 Å². The Labute approximate surface area is 148 Å². The van der Waals surface area contributed by atoms with Gasteiger partial charge in [-0.1, -0.05) is 23.7 Å². The second-order valence-electron chi connectivity index (χ2n) is 5.52. The molecular formula is C18H15ClFN3O2. The van der Waals surface area contributed by atoms with Crippen molar-refractivity contribution in [1.29, 1.82) is 0 Å². The van der Waals surface area contributed by atoms with E-state index in [1.54, 1.807) is 36.1 Å². The van der Waals surface area contributed by atoms with Crippen molar-refractivity contribution in [2.75, 3.05) is 0 Å². The standard InChI is InChI=1S/C18H15ClFN3O2/c1-23-8-7-21-17(23)16(11-3-2-4-13(20)9-11)22-18(25)12-5-6-15(24)14(19)10-12/h2-10,16,24H,1H3,(H,22,25). The van der Waals surface area contributed by atoms with Crippen molar-refractivity contribution in [2.45, 2.75) is 6.04 Å². The van der Waals surface area contributed by atoms with Gasteiger partial charge in [0, 0.05) is 25.0 Å². The number of phenols is 1. The molecule has 0 saturated carbocycles. The molecule has 3 aromatic rings. The number of halogens is 2. The summed E-state index contributed by atoms with van der Waals surface area (Å²) < 4.78 is 15.4. The number of aryl methyl sites for hydroxylation is 1. The van der Waals surface area contributed by atoms with Gasteiger partial charge in [-0.15, -0.1) is 0 Å². The summed E-state index contributed by atoms with van der Waals surface area (Å²) in [5, 5.41) is 12.4. The molecule has 2 N–H and O–H groups in total. The van der Waals surface area contributed by atoms with Crippen LogP contribution in [0, 0.1) is 5.82 Å². The van der Waals surface area contributed by atoms with Crippen LogP contribution < -0.4 is 5.32 Å². The third kappa shape index (κ3) is 3.64. The highest BCUT2D eigenvalue weighted by Crippen LogP contribution is 2.25. The fraction of sp³-hybridized carbons (Fsp3) is 0.111. The quantitative estimate of drug-likeness (QED) is 0.750. The smallest absolute Gasteiger partial charge is 0.252 e. The summed E-state index contributed by atoms with van der Waals surface area (Å²) in [6, 6.07) is 9.50. The Morgan fingerprint density at radius 2 is 2.12 bits per heavy atom. The van der Waals surface area contributed by atoms with E-state index in [0.717, 1.165) is 0 Å². The minimum absolute atomic E-state index is 0.0759. The molecule has 1 amide bonds. The molecule has 0 bridgehead atoms. The van der Waals surface area contributed by atoms with Crippen molar-refractivity contribution in [3.05, 3.63) is 82.6 Å². The van der Waals surface area contributed by atoms with Crippen LogP contribution in [-0.4, -0.2) is 20.6 Å². The highest BCUT2D eigenvalue weighted by Gasteiger charge is 2.22. The molecule has 0 aliphatic heterocycles. The topological polar surface area (TPSA) is 67.2 Å². The number of carbonyl (C=O) groups excluding carboxylic acids is 1. The van der Waals surface area contributed by atoms with Gasteiger partial charge in [-0.25, -0.2) is 9.37 Å². The van der Waals surface area contributed by atoms with Gasteiger partial charge < -0.3 is 15.0 Å². The van der Waals surface area contributed by atoms with E-state index in [-0.39, 0.29) is 16.3 Å². The molecule has 5 nitrogen and oxygen atoms in total. The number of carbonyl (C=O) groups is 1. The van der Waals surface area contributed by atoms with Crippen LogP contribution in [0.25, 0.3) is 0 Å². The minimum Gasteiger partial charge on any atom is -0.506 e. The van der Waals surface area contributed by atoms with E-state index >= 15 is 0 Å². The second-order valence-corrected chi connectivity index (χ2v) is 5.93. The van der Waals surface area contributed by atoms with Crippen LogP contribution in [0.2, 0.25) is 5.02 Å². The molecule has 0 aliphatic rings. The molecule has 1 aromatic heterocycles. The molecule has 0 aliphatic carbocycles. The molecule has 0 radical (unpaired) electrons. The van der Waals surface area contributed by atoms with Crippen molar-refractivity contribution in [3.63, 3.8) is 0 Å². The number of imidazole rings is 1. The molecule has 1 unspecified atom stereocenters. The first-order valence-electron chi connectivity index (χ1n) is 7.48. The lowest BCUT2D eigenvalue weighted by atomic mass is 10.0. The van der Waals surface area contributed by atoms with Crippen LogP contribution in [-0.2, 0) is 7.05 Å². The van der Waals surface area contributed by atoms with Gasteiger partial charge >= 0.3 is 0 Å². The van der Waals surface area contributed by atoms with Gasteiger partial charge in [0.15, 0.2) is 0 Å². The first-order valence-corrected chi connectivity index (χ1v) is 7.85. The van der Waals surface area contributed by atoms with E-state index in [1.165, 1.54) is 30.3 Å². The Morgan fingerprint density at radius 3 is 2.76 bits per heavy atom. The summed E-state index contributed by atoms with van der Waals surface area (Å²) in [4.78, 5) is 16.9. The summed E-state index contributed by atoms with van der Waals surface area (Å²) in [6.45, 7) is 0. The molecule has 1 atom stereocenters. The molecule has 1 heterocycles. The third-order valence-corrected chi connectivity index (χ3v) is 4.09. The van der Waals surface area contributed by atoms with Gasteiger partial charge in [0.05, 0.1) is 5.02 Å². The molecular weight excluding hydrogens is 345 g/mol. The van der Waals surface area contributed by atoms with Crippen LogP contribution in [0.3, 0.4) is 0 Å². The SMILES string of the molecule is Cn1ccnc1C(NC(=O)c1ccc(O)c(Cl)c1)c1cccc(F)c1. The van der Waals surface area contributed by atoms with Crippen LogP contribution in [0.15, 0.2) is 54.9 Å². The number of phenolic OH excluding ortho intramolecular Hbond substituents is 1. The van der Waals surface area contributed by atoms with Gasteiger partial charge in [0.1, 0.15) is 23.4 Å². The highest BCUT2D eigenvalue weighted by atomic mass is 35.5. The number of nitrogens with zero attached hydrogens (tertiary/aromatic N) is 2. The zero-order valence-corrected chi connectivity index (χ0v) is 14.0. The Morgan fingerprint density at radius 1 is 1.32 bits per heavy atom. The maximum Gasteiger partial charge on any atom is 0.252 e. The maximum atomic E-state index is 13.6. The molecule has 25 heavy (non-hydrogen) atoms. The first kappa shape index (κ1) is 17.0. The molecule has 0 fully saturated rings. The van der Waals surface area contributed by atoms with E-state index in [9.17, 15) is 14.3 Å². The lowest BCUT2D eigenvalue weighted by molar-refractivity contribution is 0.0941. The maximum absolute atomic E-state index is 13.6. The molecule has 3 rings (SSSR count). The number of amides is 1. The van der Waals surface area contributed by atoms with Crippen LogP contribution in [0.5, 0.6) is 5.75 Å². The minimum atomic E-state index is -0.643. The summed E-state index contributed by atoms with van der Waals surface area (Å²) in [7, 11) is 1.79. The predicted molar refractivity (Wildman–Crippen MR) is 92.0 cm³/mol. The number of nitrogens with one attached hydrogen (secondary N) is 1. The number of rotatable bonds is 4. The first-order chi connectivity index (χ1) is 12.0. The monoisotopic (exact) mass is 359 g/mol. The van der Waals surface area contributed by atoms with E-state index in [1.807, 2.05) is 0 Å². The van der Waals surface area contributed by atoms with Gasteiger partial charge in [-0.2, -0.15) is 0 Å². The van der Waals surface area contributed by atoms with Crippen molar-refractivity contribution in [2.24, 2.45) is 7.05 Å². The molecule has 7 heteroatoms. The Hall–Kier alpha value is -2.86. The van der Waals surface area contributed by atoms with Crippen molar-refractivity contribution in [3.8, 4) is 5.75 Å². The number of aromatic nitrogens is 2. The fourth-order valence-corrected chi connectivity index (χ4v) is 2.68. The van der Waals surface area contributed by atoms with E-state index < -0.39 is 17.8 Å². The van der Waals surface area contributed by atoms with E-state index in [4.69, 9.17) is 11.6 Å². The largest absolute Gasteiger partial charge is 0.506 e. The molecule has 2 aromatic carbocycles. The lowest BCUT2D eigenvalue weighted by Crippen LogP contribution is -2.31. The Balaban J connectivity index is 1.96. The fourth-order valence-electron chi connectivity index (χ4n) is 2.50. The van der Waals surface area contributed by atoms with Crippen molar-refractivity contribution >= 4 is 17.5 Å². The second kappa shape index (κ2) is 6.94. The summed E-state index contributed by atoms with van der Waals surface area (Å²) in [5.74, 6) is -0.370. The Bertz CT molecular complexity index is 926. The van der Waals surface area contributed by atoms with Crippen LogP contribution in [0.4, 0.5) is 4.39 Å². The third-order valence-electron chi connectivity index (χ3n) is 3.78. The van der Waals surface area contributed by atoms with Gasteiger partial charge in [-0.3, -0.25) is 4.79 Å². The van der Waals surface area contributed by atoms with Gasteiger partial charge in [-0.05, 0) is 35.9 Å². The number of aromatic hydroxyl groups is 1. The lowest BCUT2D eigenvalue weighted by Gasteiger charge is -2.19. The van der Waals surface area contributed by atoms with Crippen molar-refractivity contribution in [1.82, 2.24) is 14.9 Å². The van der Waals surface area contributed by atoms with E-state index in [2.05, 4.69) is 10.3 Å². The zero-order chi connectivity index (χ0) is 18.0. The highest BCUT2D eigenvalue weighted by molar-refractivity contribution is 6.32. The molecule has 128 valence electrons. The summed E-state index contributed by atoms with van der Waals surface area (Å²) >= 11 is 5.86. The number of hydrogen-bond donors (Lipinski definition) is 2. The normalized spacial score (nSPS) is 12.0. The average Bonchev–Trinajstić information content (AvgIpc) is 3.00. The molecule has 0 saturated heterocycles. The predicted octanol–water partition coefficient (Wildman–Crippen LogP) is 3.44.